The van der Waals surface area contributed by atoms with Gasteiger partial charge in [0.05, 0.1) is 28.5 Å². The number of hydrogen-bond acceptors (Lipinski definition) is 5. The smallest absolute Gasteiger partial charge is 0.272 e. The molecule has 7 nitrogen and oxygen atoms in total. The molecule has 1 aromatic carbocycles. The molecule has 0 unspecified atom stereocenters. The van der Waals surface area contributed by atoms with Gasteiger partial charge in [-0.05, 0) is 24.3 Å². The summed E-state index contributed by atoms with van der Waals surface area (Å²) in [6.07, 6.45) is 6.08. The summed E-state index contributed by atoms with van der Waals surface area (Å²) in [5.41, 5.74) is 0.147. The normalized spacial score (nSPS) is 31.4. The summed E-state index contributed by atoms with van der Waals surface area (Å²) in [5.74, 6) is -1.00. The lowest BCUT2D eigenvalue weighted by atomic mass is 9.85. The first kappa shape index (κ1) is 13.8. The van der Waals surface area contributed by atoms with E-state index in [0.717, 1.165) is 11.4 Å². The van der Waals surface area contributed by atoms with Crippen molar-refractivity contribution >= 4 is 23.7 Å². The minimum absolute atomic E-state index is 0.114. The summed E-state index contributed by atoms with van der Waals surface area (Å²) in [4.78, 5) is 35.4. The summed E-state index contributed by atoms with van der Waals surface area (Å²) >= 11 is 0. The van der Waals surface area contributed by atoms with Gasteiger partial charge in [0.2, 0.25) is 0 Å². The third-order valence-corrected chi connectivity index (χ3v) is 4.89. The molecule has 116 valence electrons. The Morgan fingerprint density at radius 2 is 1.74 bits per heavy atom. The van der Waals surface area contributed by atoms with Crippen LogP contribution in [0.2, 0.25) is 0 Å². The minimum atomic E-state index is -0.520. The van der Waals surface area contributed by atoms with Gasteiger partial charge in [0.1, 0.15) is 0 Å². The maximum atomic E-state index is 12.5. The van der Waals surface area contributed by atoms with E-state index >= 15 is 0 Å². The van der Waals surface area contributed by atoms with Gasteiger partial charge in [-0.2, -0.15) is 10.1 Å². The Hall–Kier alpha value is -2.83. The van der Waals surface area contributed by atoms with Crippen molar-refractivity contribution in [2.24, 2.45) is 28.8 Å². The zero-order valence-electron chi connectivity index (χ0n) is 12.0. The first-order valence-electron chi connectivity index (χ1n) is 7.41. The zero-order valence-corrected chi connectivity index (χ0v) is 12.0. The number of hydrogen-bond donors (Lipinski definition) is 0. The van der Waals surface area contributed by atoms with Crippen LogP contribution >= 0.6 is 0 Å². The Balaban J connectivity index is 1.62. The number of amides is 2. The number of benzene rings is 1. The molecule has 4 rings (SSSR count). The highest BCUT2D eigenvalue weighted by atomic mass is 16.6. The van der Waals surface area contributed by atoms with Gasteiger partial charge in [0.15, 0.2) is 0 Å². The molecule has 1 aliphatic heterocycles. The molecule has 2 bridgehead atoms. The third kappa shape index (κ3) is 1.93. The monoisotopic (exact) mass is 311 g/mol. The molecular formula is C16H13N3O4. The van der Waals surface area contributed by atoms with E-state index in [1.807, 2.05) is 12.2 Å². The fraction of sp³-hybridized carbons (Fsp3) is 0.312. The highest BCUT2D eigenvalue weighted by molar-refractivity contribution is 6.07. The number of nitro benzene ring substituents is 1. The van der Waals surface area contributed by atoms with Gasteiger partial charge in [-0.3, -0.25) is 19.7 Å². The van der Waals surface area contributed by atoms with Crippen molar-refractivity contribution in [1.29, 1.82) is 0 Å². The molecule has 3 aliphatic rings. The molecule has 2 aliphatic carbocycles. The van der Waals surface area contributed by atoms with Crippen LogP contribution in [0, 0.1) is 33.8 Å². The van der Waals surface area contributed by atoms with Gasteiger partial charge in [0, 0.05) is 6.07 Å². The topological polar surface area (TPSA) is 92.9 Å². The number of fused-ring (bicyclic) bond motifs is 5. The Labute approximate surface area is 131 Å². The van der Waals surface area contributed by atoms with Crippen molar-refractivity contribution in [2.45, 2.75) is 6.42 Å². The van der Waals surface area contributed by atoms with Crippen LogP contribution in [-0.2, 0) is 9.59 Å². The second-order valence-corrected chi connectivity index (χ2v) is 6.05. The van der Waals surface area contributed by atoms with E-state index in [1.165, 1.54) is 18.3 Å². The molecule has 0 spiro atoms. The van der Waals surface area contributed by atoms with Gasteiger partial charge in [-0.1, -0.05) is 24.3 Å². The van der Waals surface area contributed by atoms with E-state index in [4.69, 9.17) is 0 Å². The van der Waals surface area contributed by atoms with Crippen LogP contribution in [0.3, 0.4) is 0 Å². The van der Waals surface area contributed by atoms with Crippen molar-refractivity contribution in [2.75, 3.05) is 0 Å². The summed E-state index contributed by atoms with van der Waals surface area (Å²) in [6.45, 7) is 0. The summed E-state index contributed by atoms with van der Waals surface area (Å²) in [7, 11) is 0. The molecule has 1 heterocycles. The Kier molecular flexibility index (Phi) is 2.90. The molecule has 2 fully saturated rings. The largest absolute Gasteiger partial charge is 0.278 e. The fourth-order valence-electron chi connectivity index (χ4n) is 3.88. The summed E-state index contributed by atoms with van der Waals surface area (Å²) in [6, 6.07) is 6.07. The molecule has 4 atom stereocenters. The summed E-state index contributed by atoms with van der Waals surface area (Å²) in [5, 5.41) is 15.8. The number of rotatable bonds is 3. The van der Waals surface area contributed by atoms with Crippen molar-refractivity contribution in [1.82, 2.24) is 5.01 Å². The Morgan fingerprint density at radius 3 is 2.35 bits per heavy atom. The number of nitrogens with zero attached hydrogens (tertiary/aromatic N) is 3. The number of carbonyl (C=O) groups excluding carboxylic acids is 2. The minimum Gasteiger partial charge on any atom is -0.272 e. The quantitative estimate of drug-likeness (QED) is 0.279. The zero-order chi connectivity index (χ0) is 16.1. The average molecular weight is 311 g/mol. The predicted octanol–water partition coefficient (Wildman–Crippen LogP) is 1.74. The molecule has 1 aromatic rings. The first-order chi connectivity index (χ1) is 11.1. The van der Waals surface area contributed by atoms with E-state index in [2.05, 4.69) is 5.10 Å². The highest BCUT2D eigenvalue weighted by Gasteiger charge is 2.59. The van der Waals surface area contributed by atoms with Gasteiger partial charge < -0.3 is 0 Å². The van der Waals surface area contributed by atoms with Crippen LogP contribution in [0.1, 0.15) is 12.0 Å². The van der Waals surface area contributed by atoms with Gasteiger partial charge in [0.25, 0.3) is 17.5 Å². The Morgan fingerprint density at radius 1 is 1.13 bits per heavy atom. The number of allylic oxidation sites excluding steroid dienone is 2. The van der Waals surface area contributed by atoms with Crippen molar-refractivity contribution in [3.63, 3.8) is 0 Å². The van der Waals surface area contributed by atoms with Crippen LogP contribution < -0.4 is 0 Å². The number of nitro groups is 1. The maximum Gasteiger partial charge on any atom is 0.278 e. The van der Waals surface area contributed by atoms with E-state index in [0.29, 0.717) is 0 Å². The molecule has 0 aromatic heterocycles. The van der Waals surface area contributed by atoms with Crippen molar-refractivity contribution in [3.8, 4) is 0 Å². The molecule has 1 saturated carbocycles. The second-order valence-electron chi connectivity index (χ2n) is 6.05. The number of hydrazone groups is 1. The maximum absolute atomic E-state index is 12.5. The average Bonchev–Trinajstić information content (AvgIpc) is 3.21. The molecule has 1 saturated heterocycles. The van der Waals surface area contributed by atoms with Crippen molar-refractivity contribution < 1.29 is 14.5 Å². The van der Waals surface area contributed by atoms with Crippen LogP contribution in [0.5, 0.6) is 0 Å². The van der Waals surface area contributed by atoms with E-state index in [1.54, 1.807) is 12.1 Å². The van der Waals surface area contributed by atoms with Crippen molar-refractivity contribution in [3.05, 3.63) is 52.1 Å². The predicted molar refractivity (Wildman–Crippen MR) is 80.3 cm³/mol. The lowest BCUT2D eigenvalue weighted by Crippen LogP contribution is -2.28. The number of para-hydroxylation sites is 1. The molecule has 23 heavy (non-hydrogen) atoms. The molecule has 2 amide bonds. The molecule has 0 radical (unpaired) electrons. The van der Waals surface area contributed by atoms with Crippen LogP contribution in [0.25, 0.3) is 0 Å². The van der Waals surface area contributed by atoms with Crippen LogP contribution in [-0.4, -0.2) is 28.0 Å². The lowest BCUT2D eigenvalue weighted by Gasteiger charge is -2.13. The number of carbonyl (C=O) groups is 2. The van der Waals surface area contributed by atoms with Gasteiger partial charge in [-0.15, -0.1) is 0 Å². The molecular weight excluding hydrogens is 298 g/mol. The van der Waals surface area contributed by atoms with Crippen LogP contribution in [0.15, 0.2) is 41.5 Å². The highest BCUT2D eigenvalue weighted by Crippen LogP contribution is 2.52. The fourth-order valence-corrected chi connectivity index (χ4v) is 3.88. The third-order valence-electron chi connectivity index (χ3n) is 4.89. The lowest BCUT2D eigenvalue weighted by molar-refractivity contribution is -0.385. The Bertz CT molecular complexity index is 755. The number of imide groups is 1. The van der Waals surface area contributed by atoms with E-state index in [9.17, 15) is 19.7 Å². The van der Waals surface area contributed by atoms with Gasteiger partial charge >= 0.3 is 0 Å². The summed E-state index contributed by atoms with van der Waals surface area (Å²) < 4.78 is 0. The SMILES string of the molecule is O=C1[C@@H]2[C@@H](C(=O)N1/N=C\c1ccccc1[N+](=O)[O-])[C@@H]1C=C[C@@H]2C1. The van der Waals surface area contributed by atoms with E-state index in [-0.39, 0.29) is 46.7 Å². The van der Waals surface area contributed by atoms with Crippen LogP contribution in [0.4, 0.5) is 5.69 Å². The molecule has 0 N–H and O–H groups in total. The first-order valence-corrected chi connectivity index (χ1v) is 7.41. The standard InChI is InChI=1S/C16H13N3O4/c20-15-13-9-5-6-10(7-9)14(13)16(21)18(15)17-8-11-3-1-2-4-12(11)19(22)23/h1-6,8-10,13-14H,7H2/b17-8-/t9-,10-,13+,14+/m1/s1. The second kappa shape index (κ2) is 4.84. The molecule has 7 heteroatoms. The van der Waals surface area contributed by atoms with Gasteiger partial charge in [-0.25, -0.2) is 0 Å². The van der Waals surface area contributed by atoms with E-state index < -0.39 is 4.92 Å².